The molecule has 1 aromatic rings. The van der Waals surface area contributed by atoms with E-state index in [1.807, 2.05) is 45.0 Å². The van der Waals surface area contributed by atoms with Crippen LogP contribution in [0.5, 0.6) is 5.75 Å². The summed E-state index contributed by atoms with van der Waals surface area (Å²) in [7, 11) is 1.61. The molecule has 0 saturated carbocycles. The van der Waals surface area contributed by atoms with E-state index in [9.17, 15) is 14.9 Å². The quantitative estimate of drug-likeness (QED) is 0.743. The lowest BCUT2D eigenvalue weighted by molar-refractivity contribution is -0.121. The first kappa shape index (κ1) is 23.0. The van der Waals surface area contributed by atoms with Crippen molar-refractivity contribution in [3.63, 3.8) is 0 Å². The zero-order valence-electron chi connectivity index (χ0n) is 18.4. The van der Waals surface area contributed by atoms with E-state index in [-0.39, 0.29) is 23.3 Å². The second kappa shape index (κ2) is 9.65. The second-order valence-electron chi connectivity index (χ2n) is 8.66. The first-order valence-electron chi connectivity index (χ1n) is 10.4. The summed E-state index contributed by atoms with van der Waals surface area (Å²) in [5.74, 6) is 0.297. The Labute approximate surface area is 187 Å². The van der Waals surface area contributed by atoms with Crippen LogP contribution in [0.1, 0.15) is 39.2 Å². The fourth-order valence-corrected chi connectivity index (χ4v) is 5.12. The highest BCUT2D eigenvalue weighted by Gasteiger charge is 2.40. The smallest absolute Gasteiger partial charge is 0.410 e. The number of carbonyl (C=O) groups excluding carboxylic acids is 2. The van der Waals surface area contributed by atoms with Crippen molar-refractivity contribution < 1.29 is 19.1 Å². The van der Waals surface area contributed by atoms with Gasteiger partial charge in [-0.05, 0) is 56.9 Å². The number of aryl methyl sites for hydroxylation is 1. The van der Waals surface area contributed by atoms with Crippen LogP contribution in [-0.4, -0.2) is 48.1 Å². The van der Waals surface area contributed by atoms with Gasteiger partial charge in [0.1, 0.15) is 11.4 Å². The number of nitriles is 1. The third-order valence-corrected chi connectivity index (χ3v) is 6.48. The van der Waals surface area contributed by atoms with Gasteiger partial charge in [0, 0.05) is 17.9 Å². The molecule has 2 amide bonds. The molecule has 31 heavy (non-hydrogen) atoms. The maximum Gasteiger partial charge on any atom is 0.410 e. The van der Waals surface area contributed by atoms with Gasteiger partial charge in [0.2, 0.25) is 5.91 Å². The fourth-order valence-electron chi connectivity index (χ4n) is 3.65. The van der Waals surface area contributed by atoms with Gasteiger partial charge in [-0.25, -0.2) is 4.79 Å². The summed E-state index contributed by atoms with van der Waals surface area (Å²) in [5, 5.41) is 12.4. The molecule has 0 spiro atoms. The minimum Gasteiger partial charge on any atom is -0.497 e. The number of nitrogens with zero attached hydrogens (tertiary/aromatic N) is 2. The van der Waals surface area contributed by atoms with Gasteiger partial charge in [0.05, 0.1) is 31.0 Å². The summed E-state index contributed by atoms with van der Waals surface area (Å²) >= 11 is 1.48. The lowest BCUT2D eigenvalue weighted by Gasteiger charge is -2.30. The molecule has 0 aliphatic carbocycles. The minimum atomic E-state index is -0.553. The molecule has 2 unspecified atom stereocenters. The molecule has 0 bridgehead atoms. The standard InChI is InChI=1S/C23H29N3O4S/c1-23(2,3)30-22(28)26-11-10-17-18(13-24)21(31-19(17)14-26)25-20(27)9-8-15-6-5-7-16(12-15)29-4/h5-7,12,18,21H,8-11,14H2,1-4H3,(H,25,27). The number of ether oxygens (including phenoxy) is 2. The Hall–Kier alpha value is -2.66. The molecular weight excluding hydrogens is 414 g/mol. The van der Waals surface area contributed by atoms with E-state index in [1.54, 1.807) is 12.0 Å². The molecule has 1 N–H and O–H groups in total. The van der Waals surface area contributed by atoms with Gasteiger partial charge < -0.3 is 19.7 Å². The van der Waals surface area contributed by atoms with Gasteiger partial charge in [-0.2, -0.15) is 5.26 Å². The first-order valence-corrected chi connectivity index (χ1v) is 11.3. The van der Waals surface area contributed by atoms with Crippen LogP contribution in [0.4, 0.5) is 4.79 Å². The number of nitrogens with one attached hydrogen (secondary N) is 1. The summed E-state index contributed by atoms with van der Waals surface area (Å²) in [6.07, 6.45) is 1.20. The third-order valence-electron chi connectivity index (χ3n) is 5.16. The highest BCUT2D eigenvalue weighted by atomic mass is 32.2. The van der Waals surface area contributed by atoms with Crippen LogP contribution in [0.15, 0.2) is 34.7 Å². The van der Waals surface area contributed by atoms with Crippen LogP contribution in [0.3, 0.4) is 0 Å². The van der Waals surface area contributed by atoms with Crippen LogP contribution >= 0.6 is 11.8 Å². The zero-order valence-corrected chi connectivity index (χ0v) is 19.3. The minimum absolute atomic E-state index is 0.0931. The number of hydrogen-bond acceptors (Lipinski definition) is 6. The number of carbonyl (C=O) groups is 2. The lowest BCUT2D eigenvalue weighted by atomic mass is 9.94. The molecule has 1 aromatic carbocycles. The summed E-state index contributed by atoms with van der Waals surface area (Å²) in [6.45, 7) is 6.46. The molecule has 0 aromatic heterocycles. The first-order chi connectivity index (χ1) is 14.7. The maximum atomic E-state index is 12.6. The van der Waals surface area contributed by atoms with Crippen molar-refractivity contribution in [3.8, 4) is 11.8 Å². The molecule has 3 rings (SSSR count). The Bertz CT molecular complexity index is 916. The van der Waals surface area contributed by atoms with E-state index < -0.39 is 5.60 Å². The van der Waals surface area contributed by atoms with E-state index in [1.165, 1.54) is 11.8 Å². The van der Waals surface area contributed by atoms with Crippen LogP contribution in [0.25, 0.3) is 0 Å². The number of thioether (sulfide) groups is 1. The average Bonchev–Trinajstić information content (AvgIpc) is 3.07. The monoisotopic (exact) mass is 443 g/mol. The van der Waals surface area contributed by atoms with Crippen molar-refractivity contribution in [2.24, 2.45) is 5.92 Å². The Kier molecular flexibility index (Phi) is 7.16. The average molecular weight is 444 g/mol. The number of rotatable bonds is 5. The Balaban J connectivity index is 1.56. The number of benzene rings is 1. The summed E-state index contributed by atoms with van der Waals surface area (Å²) in [4.78, 5) is 27.6. The molecule has 7 nitrogen and oxygen atoms in total. The second-order valence-corrected chi connectivity index (χ2v) is 9.90. The molecular formula is C23H29N3O4S. The van der Waals surface area contributed by atoms with E-state index in [4.69, 9.17) is 9.47 Å². The van der Waals surface area contributed by atoms with Crippen molar-refractivity contribution in [3.05, 3.63) is 40.3 Å². The van der Waals surface area contributed by atoms with Gasteiger partial charge in [0.15, 0.2) is 0 Å². The molecule has 2 aliphatic rings. The maximum absolute atomic E-state index is 12.6. The number of methoxy groups -OCH3 is 1. The van der Waals surface area contributed by atoms with Gasteiger partial charge in [-0.3, -0.25) is 4.79 Å². The highest BCUT2D eigenvalue weighted by Crippen LogP contribution is 2.44. The summed E-state index contributed by atoms with van der Waals surface area (Å²) in [6, 6.07) is 9.99. The topological polar surface area (TPSA) is 91.7 Å². The third kappa shape index (κ3) is 5.95. The predicted molar refractivity (Wildman–Crippen MR) is 119 cm³/mol. The van der Waals surface area contributed by atoms with E-state index in [0.717, 1.165) is 21.8 Å². The van der Waals surface area contributed by atoms with E-state index in [2.05, 4.69) is 11.4 Å². The number of hydrogen-bond donors (Lipinski definition) is 1. The lowest BCUT2D eigenvalue weighted by Crippen LogP contribution is -2.40. The summed E-state index contributed by atoms with van der Waals surface area (Å²) < 4.78 is 10.7. The van der Waals surface area contributed by atoms with Crippen LogP contribution in [0, 0.1) is 17.2 Å². The van der Waals surface area contributed by atoms with Crippen molar-refractivity contribution in [1.82, 2.24) is 10.2 Å². The molecule has 2 heterocycles. The van der Waals surface area contributed by atoms with Crippen LogP contribution in [-0.2, 0) is 16.0 Å². The zero-order chi connectivity index (χ0) is 22.6. The van der Waals surface area contributed by atoms with Gasteiger partial charge in [-0.1, -0.05) is 12.1 Å². The van der Waals surface area contributed by atoms with Gasteiger partial charge in [-0.15, -0.1) is 11.8 Å². The Morgan fingerprint density at radius 2 is 2.13 bits per heavy atom. The van der Waals surface area contributed by atoms with Crippen molar-refractivity contribution in [2.45, 2.75) is 51.0 Å². The Morgan fingerprint density at radius 3 is 2.81 bits per heavy atom. The molecule has 0 fully saturated rings. The molecule has 8 heteroatoms. The molecule has 2 aliphatic heterocycles. The molecule has 0 saturated heterocycles. The van der Waals surface area contributed by atoms with Crippen molar-refractivity contribution >= 4 is 23.8 Å². The SMILES string of the molecule is COc1cccc(CCC(=O)NC2SC3=C(CCN(C(=O)OC(C)(C)C)C3)C2C#N)c1. The normalized spacial score (nSPS) is 20.7. The van der Waals surface area contributed by atoms with Gasteiger partial charge in [0.25, 0.3) is 0 Å². The Morgan fingerprint density at radius 1 is 1.35 bits per heavy atom. The molecule has 0 radical (unpaired) electrons. The largest absolute Gasteiger partial charge is 0.497 e. The molecule has 2 atom stereocenters. The van der Waals surface area contributed by atoms with Gasteiger partial charge >= 0.3 is 6.09 Å². The van der Waals surface area contributed by atoms with Crippen LogP contribution < -0.4 is 10.1 Å². The van der Waals surface area contributed by atoms with Crippen molar-refractivity contribution in [2.75, 3.05) is 20.2 Å². The number of amides is 2. The fraction of sp³-hybridized carbons (Fsp3) is 0.522. The highest BCUT2D eigenvalue weighted by molar-refractivity contribution is 8.04. The predicted octanol–water partition coefficient (Wildman–Crippen LogP) is 3.85. The van der Waals surface area contributed by atoms with Crippen LogP contribution in [0.2, 0.25) is 0 Å². The summed E-state index contributed by atoms with van der Waals surface area (Å²) in [5.41, 5.74) is 1.50. The van der Waals surface area contributed by atoms with Crippen molar-refractivity contribution in [1.29, 1.82) is 5.26 Å². The van der Waals surface area contributed by atoms with E-state index in [0.29, 0.717) is 32.4 Å². The molecule has 166 valence electrons. The van der Waals surface area contributed by atoms with E-state index >= 15 is 0 Å².